The maximum Gasteiger partial charge on any atom is 0.223 e. The number of rotatable bonds is 2. The van der Waals surface area contributed by atoms with Gasteiger partial charge in [-0.25, -0.2) is 0 Å². The smallest absolute Gasteiger partial charge is 0.223 e. The molecular formula is C14H21NO. The van der Waals surface area contributed by atoms with Crippen molar-refractivity contribution in [2.45, 2.75) is 51.0 Å². The number of nitrogens with one attached hydrogen (secondary N) is 1. The van der Waals surface area contributed by atoms with E-state index in [0.29, 0.717) is 17.9 Å². The first-order valence-electron chi connectivity index (χ1n) is 7.10. The summed E-state index contributed by atoms with van der Waals surface area (Å²) in [5, 5.41) is 3.35. The number of fused-ring (bicyclic) bond motifs is 3. The van der Waals surface area contributed by atoms with Crippen LogP contribution in [0.4, 0.5) is 0 Å². The zero-order valence-electron chi connectivity index (χ0n) is 9.82. The van der Waals surface area contributed by atoms with E-state index in [0.717, 1.165) is 23.7 Å². The van der Waals surface area contributed by atoms with E-state index < -0.39 is 0 Å². The van der Waals surface area contributed by atoms with E-state index in [1.165, 1.54) is 44.9 Å². The first-order valence-corrected chi connectivity index (χ1v) is 7.10. The van der Waals surface area contributed by atoms with Gasteiger partial charge in [0, 0.05) is 12.0 Å². The summed E-state index contributed by atoms with van der Waals surface area (Å²) in [6.45, 7) is 0. The summed E-state index contributed by atoms with van der Waals surface area (Å²) in [4.78, 5) is 12.1. The van der Waals surface area contributed by atoms with Crippen molar-refractivity contribution < 1.29 is 4.79 Å². The van der Waals surface area contributed by atoms with Crippen LogP contribution in [0.2, 0.25) is 0 Å². The molecule has 0 heterocycles. The van der Waals surface area contributed by atoms with Gasteiger partial charge >= 0.3 is 0 Å². The molecule has 1 N–H and O–H groups in total. The number of hydrogen-bond donors (Lipinski definition) is 1. The molecule has 4 saturated carbocycles. The average Bonchev–Trinajstić information content (AvgIpc) is 2.75. The fraction of sp³-hybridized carbons (Fsp3) is 0.929. The molecule has 4 aliphatic carbocycles. The van der Waals surface area contributed by atoms with E-state index >= 15 is 0 Å². The first kappa shape index (κ1) is 9.49. The SMILES string of the molecule is O=C(NC1CC2CCC1C2)C1CC2CC2C1. The van der Waals surface area contributed by atoms with E-state index in [4.69, 9.17) is 0 Å². The molecule has 4 fully saturated rings. The maximum absolute atomic E-state index is 12.1. The summed E-state index contributed by atoms with van der Waals surface area (Å²) in [5.41, 5.74) is 0. The van der Waals surface area contributed by atoms with Gasteiger partial charge < -0.3 is 5.32 Å². The largest absolute Gasteiger partial charge is 0.353 e. The van der Waals surface area contributed by atoms with E-state index in [1.54, 1.807) is 0 Å². The number of carbonyl (C=O) groups is 1. The highest BCUT2D eigenvalue weighted by molar-refractivity contribution is 5.79. The minimum Gasteiger partial charge on any atom is -0.353 e. The zero-order chi connectivity index (χ0) is 10.7. The lowest BCUT2D eigenvalue weighted by atomic mass is 9.94. The third-order valence-corrected chi connectivity index (χ3v) is 5.68. The Balaban J connectivity index is 1.35. The van der Waals surface area contributed by atoms with Crippen LogP contribution >= 0.6 is 0 Å². The molecule has 0 aliphatic heterocycles. The first-order chi connectivity index (χ1) is 7.79. The molecule has 1 amide bonds. The summed E-state index contributed by atoms with van der Waals surface area (Å²) < 4.78 is 0. The quantitative estimate of drug-likeness (QED) is 0.759. The zero-order valence-corrected chi connectivity index (χ0v) is 9.82. The maximum atomic E-state index is 12.1. The minimum absolute atomic E-state index is 0.378. The van der Waals surface area contributed by atoms with E-state index in [2.05, 4.69) is 5.32 Å². The number of amides is 1. The summed E-state index contributed by atoms with van der Waals surface area (Å²) in [5.74, 6) is 4.39. The van der Waals surface area contributed by atoms with Gasteiger partial charge in [0.15, 0.2) is 0 Å². The predicted octanol–water partition coefficient (Wildman–Crippen LogP) is 2.34. The van der Waals surface area contributed by atoms with Gasteiger partial charge in [0.05, 0.1) is 0 Å². The van der Waals surface area contributed by atoms with Crippen molar-refractivity contribution >= 4 is 5.91 Å². The van der Waals surface area contributed by atoms with Crippen molar-refractivity contribution in [2.24, 2.45) is 29.6 Å². The normalized spacial score (nSPS) is 52.8. The van der Waals surface area contributed by atoms with Crippen LogP contribution in [0.25, 0.3) is 0 Å². The van der Waals surface area contributed by atoms with E-state index in [9.17, 15) is 4.79 Å². The van der Waals surface area contributed by atoms with Gasteiger partial charge in [0.2, 0.25) is 5.91 Å². The van der Waals surface area contributed by atoms with Crippen LogP contribution in [0.1, 0.15) is 44.9 Å². The lowest BCUT2D eigenvalue weighted by Gasteiger charge is -2.24. The summed E-state index contributed by atoms with van der Waals surface area (Å²) in [7, 11) is 0. The Morgan fingerprint density at radius 1 is 0.875 bits per heavy atom. The molecule has 0 saturated heterocycles. The summed E-state index contributed by atoms with van der Waals surface area (Å²) in [6.07, 6.45) is 9.25. The third-order valence-electron chi connectivity index (χ3n) is 5.68. The van der Waals surface area contributed by atoms with Gasteiger partial charge in [0.1, 0.15) is 0 Å². The second kappa shape index (κ2) is 3.24. The highest BCUT2D eigenvalue weighted by Gasteiger charge is 2.49. The monoisotopic (exact) mass is 219 g/mol. The molecule has 4 aliphatic rings. The molecular weight excluding hydrogens is 198 g/mol. The lowest BCUT2D eigenvalue weighted by molar-refractivity contribution is -0.126. The lowest BCUT2D eigenvalue weighted by Crippen LogP contribution is -2.41. The van der Waals surface area contributed by atoms with Gasteiger partial charge in [-0.1, -0.05) is 6.42 Å². The molecule has 0 radical (unpaired) electrons. The molecule has 4 rings (SSSR count). The fourth-order valence-corrected chi connectivity index (χ4v) is 4.65. The minimum atomic E-state index is 0.378. The van der Waals surface area contributed by atoms with Gasteiger partial charge in [-0.15, -0.1) is 0 Å². The topological polar surface area (TPSA) is 29.1 Å². The Labute approximate surface area is 97.2 Å². The third kappa shape index (κ3) is 1.42. The Bertz CT molecular complexity index is 317. The van der Waals surface area contributed by atoms with Crippen molar-refractivity contribution in [1.82, 2.24) is 5.32 Å². The molecule has 0 aromatic rings. The van der Waals surface area contributed by atoms with Crippen molar-refractivity contribution in [3.63, 3.8) is 0 Å². The molecule has 2 nitrogen and oxygen atoms in total. The van der Waals surface area contributed by atoms with Crippen LogP contribution in [0, 0.1) is 29.6 Å². The fourth-order valence-electron chi connectivity index (χ4n) is 4.65. The molecule has 5 atom stereocenters. The summed E-state index contributed by atoms with van der Waals surface area (Å²) >= 11 is 0. The number of hydrogen-bond acceptors (Lipinski definition) is 1. The van der Waals surface area contributed by atoms with E-state index in [-0.39, 0.29) is 0 Å². The van der Waals surface area contributed by atoms with Crippen LogP contribution in [-0.2, 0) is 4.79 Å². The number of carbonyl (C=O) groups excluding carboxylic acids is 1. The molecule has 2 heteroatoms. The standard InChI is InChI=1S/C14H21NO/c16-14(12-6-10-5-11(10)7-12)15-13-4-8-1-2-9(13)3-8/h8-13H,1-7H2,(H,15,16). The van der Waals surface area contributed by atoms with Gasteiger partial charge in [0.25, 0.3) is 0 Å². The second-order valence-corrected chi connectivity index (χ2v) is 6.71. The Kier molecular flexibility index (Phi) is 1.92. The highest BCUT2D eigenvalue weighted by Crippen LogP contribution is 2.54. The van der Waals surface area contributed by atoms with Gasteiger partial charge in [-0.2, -0.15) is 0 Å². The van der Waals surface area contributed by atoms with Gasteiger partial charge in [-0.05, 0) is 62.2 Å². The van der Waals surface area contributed by atoms with Crippen LogP contribution in [0.15, 0.2) is 0 Å². The molecule has 2 bridgehead atoms. The Morgan fingerprint density at radius 3 is 2.31 bits per heavy atom. The van der Waals surface area contributed by atoms with Crippen molar-refractivity contribution in [1.29, 1.82) is 0 Å². The van der Waals surface area contributed by atoms with E-state index in [1.807, 2.05) is 0 Å². The van der Waals surface area contributed by atoms with Crippen LogP contribution in [-0.4, -0.2) is 11.9 Å². The average molecular weight is 219 g/mol. The Morgan fingerprint density at radius 2 is 1.69 bits per heavy atom. The Hall–Kier alpha value is -0.530. The second-order valence-electron chi connectivity index (χ2n) is 6.71. The molecule has 0 aromatic carbocycles. The summed E-state index contributed by atoms with van der Waals surface area (Å²) in [6, 6.07) is 0.545. The van der Waals surface area contributed by atoms with Crippen molar-refractivity contribution in [3.05, 3.63) is 0 Å². The molecule has 0 spiro atoms. The molecule has 5 unspecified atom stereocenters. The predicted molar refractivity (Wildman–Crippen MR) is 61.7 cm³/mol. The van der Waals surface area contributed by atoms with Crippen LogP contribution in [0.5, 0.6) is 0 Å². The molecule has 0 aromatic heterocycles. The highest BCUT2D eigenvalue weighted by atomic mass is 16.2. The van der Waals surface area contributed by atoms with Crippen LogP contribution < -0.4 is 5.32 Å². The van der Waals surface area contributed by atoms with Gasteiger partial charge in [-0.3, -0.25) is 4.79 Å². The molecule has 16 heavy (non-hydrogen) atoms. The van der Waals surface area contributed by atoms with Crippen LogP contribution in [0.3, 0.4) is 0 Å². The molecule has 88 valence electrons. The van der Waals surface area contributed by atoms with Crippen molar-refractivity contribution in [2.75, 3.05) is 0 Å². The van der Waals surface area contributed by atoms with Crippen molar-refractivity contribution in [3.8, 4) is 0 Å².